The molecule has 0 aliphatic rings. The van der Waals surface area contributed by atoms with Crippen LogP contribution in [0.25, 0.3) is 0 Å². The van der Waals surface area contributed by atoms with Gasteiger partial charge in [0.25, 0.3) is 5.56 Å². The molecule has 2 aromatic rings. The number of rotatable bonds is 8. The number of H-pyrrole nitrogens is 1. The van der Waals surface area contributed by atoms with Gasteiger partial charge in [-0.2, -0.15) is 11.8 Å². The van der Waals surface area contributed by atoms with Gasteiger partial charge in [-0.05, 0) is 30.9 Å². The average Bonchev–Trinajstić information content (AvgIpc) is 2.59. The van der Waals surface area contributed by atoms with Crippen LogP contribution in [0.5, 0.6) is 5.75 Å². The molecular weight excluding hydrogens is 394 g/mol. The van der Waals surface area contributed by atoms with Crippen molar-refractivity contribution >= 4 is 46.7 Å². The molecule has 2 N–H and O–H groups in total. The number of nitrogens with zero attached hydrogens (tertiary/aromatic N) is 1. The Balaban J connectivity index is 2.09. The molecule has 9 heteroatoms. The number of amides is 1. The second-order valence-corrected chi connectivity index (χ2v) is 8.31. The first kappa shape index (κ1) is 20.7. The zero-order valence-electron chi connectivity index (χ0n) is 14.7. The molecule has 1 unspecified atom stereocenters. The molecule has 0 fully saturated rings. The first-order chi connectivity index (χ1) is 12.4. The molecule has 1 amide bonds. The van der Waals surface area contributed by atoms with Crippen molar-refractivity contribution in [3.8, 4) is 5.75 Å². The molecule has 0 aliphatic heterocycles. The summed E-state index contributed by atoms with van der Waals surface area (Å²) in [5, 5.41) is 3.23. The Morgan fingerprint density at radius 1 is 1.42 bits per heavy atom. The number of methoxy groups -OCH3 is 1. The summed E-state index contributed by atoms with van der Waals surface area (Å²) < 4.78 is 5.23. The van der Waals surface area contributed by atoms with Crippen LogP contribution in [-0.4, -0.2) is 34.0 Å². The second kappa shape index (κ2) is 9.89. The predicted octanol–water partition coefficient (Wildman–Crippen LogP) is 3.80. The van der Waals surface area contributed by atoms with Gasteiger partial charge in [0, 0.05) is 16.8 Å². The Morgan fingerprint density at radius 2 is 2.19 bits per heavy atom. The highest BCUT2D eigenvalue weighted by atomic mass is 35.5. The van der Waals surface area contributed by atoms with E-state index in [0.29, 0.717) is 33.1 Å². The van der Waals surface area contributed by atoms with E-state index >= 15 is 0 Å². The van der Waals surface area contributed by atoms with E-state index in [1.165, 1.54) is 24.9 Å². The van der Waals surface area contributed by atoms with Crippen LogP contribution in [0, 0.1) is 0 Å². The minimum atomic E-state index is -0.476. The molecule has 1 atom stereocenters. The lowest BCUT2D eigenvalue weighted by molar-refractivity contribution is -0.115. The quantitative estimate of drug-likeness (QED) is 0.505. The van der Waals surface area contributed by atoms with E-state index in [0.717, 1.165) is 5.75 Å². The molecule has 1 aromatic heterocycles. The lowest BCUT2D eigenvalue weighted by Gasteiger charge is -2.14. The lowest BCUT2D eigenvalue weighted by Crippen LogP contribution is -2.23. The van der Waals surface area contributed by atoms with Gasteiger partial charge in [0.05, 0.1) is 23.7 Å². The van der Waals surface area contributed by atoms with Crippen molar-refractivity contribution in [2.75, 3.05) is 18.2 Å². The van der Waals surface area contributed by atoms with Gasteiger partial charge >= 0.3 is 0 Å². The number of aromatic nitrogens is 2. The van der Waals surface area contributed by atoms with Crippen molar-refractivity contribution in [3.63, 3.8) is 0 Å². The van der Waals surface area contributed by atoms with Crippen molar-refractivity contribution in [2.24, 2.45) is 0 Å². The maximum absolute atomic E-state index is 12.5. The molecule has 26 heavy (non-hydrogen) atoms. The van der Waals surface area contributed by atoms with Crippen LogP contribution in [0.2, 0.25) is 5.02 Å². The SMILES string of the molecule is CCSCc1cc(=O)[nH]c(SC(C)C(=O)Nc2cc(Cl)ccc2OC)n1. The first-order valence-corrected chi connectivity index (χ1v) is 10.3. The molecule has 1 aromatic carbocycles. The largest absolute Gasteiger partial charge is 0.495 e. The summed E-state index contributed by atoms with van der Waals surface area (Å²) in [5.74, 6) is 1.88. The van der Waals surface area contributed by atoms with E-state index in [1.807, 2.05) is 6.92 Å². The minimum absolute atomic E-state index is 0.224. The molecule has 0 saturated heterocycles. The number of aromatic amines is 1. The van der Waals surface area contributed by atoms with Gasteiger partial charge in [-0.25, -0.2) is 4.98 Å². The first-order valence-electron chi connectivity index (χ1n) is 7.92. The summed E-state index contributed by atoms with van der Waals surface area (Å²) in [7, 11) is 1.52. The zero-order valence-corrected chi connectivity index (χ0v) is 17.1. The van der Waals surface area contributed by atoms with Crippen molar-refractivity contribution in [1.82, 2.24) is 9.97 Å². The summed E-state index contributed by atoms with van der Waals surface area (Å²) in [6.45, 7) is 3.79. The molecule has 140 valence electrons. The Bertz CT molecular complexity index is 829. The van der Waals surface area contributed by atoms with Crippen LogP contribution in [0.1, 0.15) is 19.5 Å². The monoisotopic (exact) mass is 413 g/mol. The molecule has 0 bridgehead atoms. The van der Waals surface area contributed by atoms with Crippen LogP contribution in [0.4, 0.5) is 5.69 Å². The summed E-state index contributed by atoms with van der Waals surface area (Å²) in [4.78, 5) is 31.3. The second-order valence-electron chi connectivity index (χ2n) is 5.27. The fourth-order valence-electron chi connectivity index (χ4n) is 2.05. The van der Waals surface area contributed by atoms with Gasteiger partial charge in [0.15, 0.2) is 5.16 Å². The molecule has 0 spiro atoms. The normalized spacial score (nSPS) is 11.8. The molecule has 0 aliphatic carbocycles. The highest BCUT2D eigenvalue weighted by Gasteiger charge is 2.18. The molecule has 1 heterocycles. The molecular formula is C17H20ClN3O3S2. The van der Waals surface area contributed by atoms with E-state index in [2.05, 4.69) is 15.3 Å². The minimum Gasteiger partial charge on any atom is -0.495 e. The van der Waals surface area contributed by atoms with E-state index in [4.69, 9.17) is 16.3 Å². The Hall–Kier alpha value is -1.64. The van der Waals surface area contributed by atoms with Crippen LogP contribution in [-0.2, 0) is 10.5 Å². The number of thioether (sulfide) groups is 2. The number of nitrogens with one attached hydrogen (secondary N) is 2. The van der Waals surface area contributed by atoms with Crippen LogP contribution < -0.4 is 15.6 Å². The number of halogens is 1. The van der Waals surface area contributed by atoms with E-state index in [-0.39, 0.29) is 11.5 Å². The third kappa shape index (κ3) is 5.96. The fourth-order valence-corrected chi connectivity index (χ4v) is 3.62. The number of benzene rings is 1. The zero-order chi connectivity index (χ0) is 19.1. The number of carbonyl (C=O) groups excluding carboxylic acids is 1. The Morgan fingerprint density at radius 3 is 2.88 bits per heavy atom. The lowest BCUT2D eigenvalue weighted by atomic mass is 10.3. The van der Waals surface area contributed by atoms with Crippen LogP contribution >= 0.6 is 35.1 Å². The van der Waals surface area contributed by atoms with Gasteiger partial charge in [-0.1, -0.05) is 30.3 Å². The maximum Gasteiger partial charge on any atom is 0.251 e. The highest BCUT2D eigenvalue weighted by molar-refractivity contribution is 8.00. The van der Waals surface area contributed by atoms with Gasteiger partial charge < -0.3 is 15.0 Å². The van der Waals surface area contributed by atoms with Gasteiger partial charge in [0.2, 0.25) is 5.91 Å². The number of anilines is 1. The molecule has 2 rings (SSSR count). The maximum atomic E-state index is 12.5. The third-order valence-electron chi connectivity index (χ3n) is 3.30. The fraction of sp³-hybridized carbons (Fsp3) is 0.353. The standard InChI is InChI=1S/C17H20ClN3O3S2/c1-4-25-9-12-8-15(22)21-17(19-12)26-10(2)16(23)20-13-7-11(18)5-6-14(13)24-3/h5-8,10H,4,9H2,1-3H3,(H,20,23)(H,19,21,22). The van der Waals surface area contributed by atoms with Gasteiger partial charge in [-0.3, -0.25) is 9.59 Å². The number of ether oxygens (including phenoxy) is 1. The van der Waals surface area contributed by atoms with Crippen LogP contribution in [0.3, 0.4) is 0 Å². The number of hydrogen-bond donors (Lipinski definition) is 2. The number of hydrogen-bond acceptors (Lipinski definition) is 6. The Labute approximate surface area is 165 Å². The third-order valence-corrected chi connectivity index (χ3v) is 5.43. The molecule has 0 saturated carbocycles. The summed E-state index contributed by atoms with van der Waals surface area (Å²) in [5.41, 5.74) is 0.970. The van der Waals surface area contributed by atoms with Gasteiger partial charge in [0.1, 0.15) is 5.75 Å². The van der Waals surface area contributed by atoms with Crippen molar-refractivity contribution < 1.29 is 9.53 Å². The van der Waals surface area contributed by atoms with Crippen molar-refractivity contribution in [1.29, 1.82) is 0 Å². The van der Waals surface area contributed by atoms with E-state index in [1.54, 1.807) is 36.9 Å². The summed E-state index contributed by atoms with van der Waals surface area (Å²) in [6.07, 6.45) is 0. The van der Waals surface area contributed by atoms with E-state index < -0.39 is 5.25 Å². The van der Waals surface area contributed by atoms with Crippen molar-refractivity contribution in [3.05, 3.63) is 45.3 Å². The summed E-state index contributed by atoms with van der Waals surface area (Å²) >= 11 is 8.85. The predicted molar refractivity (Wildman–Crippen MR) is 109 cm³/mol. The number of carbonyl (C=O) groups is 1. The van der Waals surface area contributed by atoms with E-state index in [9.17, 15) is 9.59 Å². The smallest absolute Gasteiger partial charge is 0.251 e. The highest BCUT2D eigenvalue weighted by Crippen LogP contribution is 2.29. The Kier molecular flexibility index (Phi) is 7.86. The average molecular weight is 414 g/mol. The summed E-state index contributed by atoms with van der Waals surface area (Å²) in [6, 6.07) is 6.47. The molecule has 0 radical (unpaired) electrons. The topological polar surface area (TPSA) is 84.1 Å². The van der Waals surface area contributed by atoms with Crippen molar-refractivity contribution in [2.45, 2.75) is 30.0 Å². The van der Waals surface area contributed by atoms with Crippen LogP contribution in [0.15, 0.2) is 34.2 Å². The van der Waals surface area contributed by atoms with Gasteiger partial charge in [-0.15, -0.1) is 0 Å². The molecule has 6 nitrogen and oxygen atoms in total.